The van der Waals surface area contributed by atoms with E-state index < -0.39 is 0 Å². The Hall–Kier alpha value is -3.89. The predicted octanol–water partition coefficient (Wildman–Crippen LogP) is 6.50. The number of ether oxygens (including phenoxy) is 1. The van der Waals surface area contributed by atoms with Crippen molar-refractivity contribution in [3.8, 4) is 28.6 Å². The topological polar surface area (TPSA) is 44.1 Å². The van der Waals surface area contributed by atoms with Crippen LogP contribution in [0.5, 0.6) is 11.5 Å². The molecule has 0 N–H and O–H groups in total. The van der Waals surface area contributed by atoms with Gasteiger partial charge in [0, 0.05) is 11.6 Å². The Morgan fingerprint density at radius 3 is 2.29 bits per heavy atom. The molecule has 1 heterocycles. The lowest BCUT2D eigenvalue weighted by atomic mass is 10.1. The number of fused-ring (bicyclic) bond motifs is 1. The van der Waals surface area contributed by atoms with Gasteiger partial charge in [0.25, 0.3) is 5.56 Å². The molecule has 0 unspecified atom stereocenters. The fraction of sp³-hybridized carbons (Fsp3) is 0. The molecule has 0 spiro atoms. The minimum absolute atomic E-state index is 0.169. The molecule has 0 aliphatic heterocycles. The summed E-state index contributed by atoms with van der Waals surface area (Å²) in [6.45, 7) is 0. The summed E-state index contributed by atoms with van der Waals surface area (Å²) >= 11 is 6.48. The zero-order valence-electron chi connectivity index (χ0n) is 16.4. The maximum Gasteiger partial charge on any atom is 0.266 e. The van der Waals surface area contributed by atoms with E-state index in [1.807, 2.05) is 91.0 Å². The van der Waals surface area contributed by atoms with Crippen molar-refractivity contribution >= 4 is 22.5 Å². The summed E-state index contributed by atoms with van der Waals surface area (Å²) in [6, 6.07) is 31.6. The van der Waals surface area contributed by atoms with Crippen LogP contribution < -0.4 is 10.3 Å². The van der Waals surface area contributed by atoms with Crippen molar-refractivity contribution < 1.29 is 4.74 Å². The monoisotopic (exact) mass is 424 g/mol. The number of nitrogens with zero attached hydrogens (tertiary/aromatic N) is 2. The van der Waals surface area contributed by atoms with Gasteiger partial charge in [0.05, 0.1) is 21.6 Å². The molecule has 0 atom stereocenters. The molecule has 5 heteroatoms. The van der Waals surface area contributed by atoms with Crippen LogP contribution in [0.2, 0.25) is 5.02 Å². The summed E-state index contributed by atoms with van der Waals surface area (Å²) in [6.07, 6.45) is 0. The van der Waals surface area contributed by atoms with Crippen LogP contribution in [-0.2, 0) is 0 Å². The quantitative estimate of drug-likeness (QED) is 0.331. The van der Waals surface area contributed by atoms with Crippen LogP contribution in [0.15, 0.2) is 108 Å². The van der Waals surface area contributed by atoms with Gasteiger partial charge in [-0.1, -0.05) is 60.1 Å². The van der Waals surface area contributed by atoms with E-state index in [-0.39, 0.29) is 5.56 Å². The van der Waals surface area contributed by atoms with Crippen molar-refractivity contribution in [3.05, 3.63) is 119 Å². The van der Waals surface area contributed by atoms with E-state index in [4.69, 9.17) is 21.3 Å². The van der Waals surface area contributed by atoms with Gasteiger partial charge in [-0.05, 0) is 48.5 Å². The molecule has 31 heavy (non-hydrogen) atoms. The molecule has 0 aliphatic carbocycles. The molecule has 0 aliphatic rings. The molecule has 0 saturated heterocycles. The molecule has 1 aromatic heterocycles. The van der Waals surface area contributed by atoms with Gasteiger partial charge in [-0.3, -0.25) is 9.36 Å². The third-order valence-electron chi connectivity index (χ3n) is 4.95. The Bertz CT molecular complexity index is 1450. The molecular weight excluding hydrogens is 408 g/mol. The number of hydrogen-bond acceptors (Lipinski definition) is 3. The highest BCUT2D eigenvalue weighted by Gasteiger charge is 2.16. The second-order valence-electron chi connectivity index (χ2n) is 6.99. The van der Waals surface area contributed by atoms with Crippen LogP contribution in [0.1, 0.15) is 0 Å². The molecule has 0 bridgehead atoms. The standard InChI is InChI=1S/C26H17ClN2O2/c27-23-15-6-4-13-21(23)25-28-24-16-7-5-14-22(24)26(30)29(25)18-9-8-12-20(17-18)31-19-10-2-1-3-11-19/h1-17H. The molecule has 0 saturated carbocycles. The predicted molar refractivity (Wildman–Crippen MR) is 124 cm³/mol. The smallest absolute Gasteiger partial charge is 0.266 e. The lowest BCUT2D eigenvalue weighted by Crippen LogP contribution is -2.22. The summed E-state index contributed by atoms with van der Waals surface area (Å²) in [4.78, 5) is 18.3. The van der Waals surface area contributed by atoms with E-state index >= 15 is 0 Å². The van der Waals surface area contributed by atoms with Gasteiger partial charge in [0.2, 0.25) is 0 Å². The number of hydrogen-bond donors (Lipinski definition) is 0. The third-order valence-corrected chi connectivity index (χ3v) is 5.27. The van der Waals surface area contributed by atoms with E-state index in [0.717, 1.165) is 5.75 Å². The number of halogens is 1. The SMILES string of the molecule is O=c1c2ccccc2nc(-c2ccccc2Cl)n1-c1cccc(Oc2ccccc2)c1. The minimum Gasteiger partial charge on any atom is -0.457 e. The average Bonchev–Trinajstić information content (AvgIpc) is 2.80. The third kappa shape index (κ3) is 3.69. The molecule has 0 fully saturated rings. The number of aromatic nitrogens is 2. The lowest BCUT2D eigenvalue weighted by molar-refractivity contribution is 0.482. The summed E-state index contributed by atoms with van der Waals surface area (Å²) in [5.74, 6) is 1.81. The van der Waals surface area contributed by atoms with Crippen LogP contribution in [0, 0.1) is 0 Å². The first-order valence-electron chi connectivity index (χ1n) is 9.81. The van der Waals surface area contributed by atoms with Crippen molar-refractivity contribution in [3.63, 3.8) is 0 Å². The Balaban J connectivity index is 1.74. The van der Waals surface area contributed by atoms with Crippen LogP contribution in [0.25, 0.3) is 28.0 Å². The van der Waals surface area contributed by atoms with Gasteiger partial charge in [-0.2, -0.15) is 0 Å². The molecule has 150 valence electrons. The Morgan fingerprint density at radius 2 is 1.45 bits per heavy atom. The maximum atomic E-state index is 13.5. The van der Waals surface area contributed by atoms with Crippen molar-refractivity contribution in [1.29, 1.82) is 0 Å². The van der Waals surface area contributed by atoms with E-state index in [1.165, 1.54) is 0 Å². The number of benzene rings is 4. The lowest BCUT2D eigenvalue weighted by Gasteiger charge is -2.15. The van der Waals surface area contributed by atoms with Crippen molar-refractivity contribution in [2.75, 3.05) is 0 Å². The molecular formula is C26H17ClN2O2. The zero-order chi connectivity index (χ0) is 21.2. The van der Waals surface area contributed by atoms with Crippen molar-refractivity contribution in [1.82, 2.24) is 9.55 Å². The Kier molecular flexibility index (Phi) is 4.98. The molecule has 4 aromatic carbocycles. The minimum atomic E-state index is -0.169. The molecule has 0 amide bonds. The second kappa shape index (κ2) is 8.09. The van der Waals surface area contributed by atoms with E-state index in [1.54, 1.807) is 16.7 Å². The van der Waals surface area contributed by atoms with Gasteiger partial charge in [-0.25, -0.2) is 4.98 Å². The molecule has 4 nitrogen and oxygen atoms in total. The second-order valence-corrected chi connectivity index (χ2v) is 7.39. The maximum absolute atomic E-state index is 13.5. The Morgan fingerprint density at radius 1 is 0.742 bits per heavy atom. The van der Waals surface area contributed by atoms with Gasteiger partial charge >= 0.3 is 0 Å². The van der Waals surface area contributed by atoms with Gasteiger partial charge < -0.3 is 4.74 Å². The number of para-hydroxylation sites is 2. The normalized spacial score (nSPS) is 10.9. The molecule has 5 rings (SSSR count). The van der Waals surface area contributed by atoms with Gasteiger partial charge in [0.1, 0.15) is 17.3 Å². The first-order valence-corrected chi connectivity index (χ1v) is 10.2. The number of rotatable bonds is 4. The van der Waals surface area contributed by atoms with E-state index in [2.05, 4.69) is 0 Å². The first-order chi connectivity index (χ1) is 15.2. The van der Waals surface area contributed by atoms with E-state index in [0.29, 0.717) is 38.8 Å². The summed E-state index contributed by atoms with van der Waals surface area (Å²) in [5.41, 5.74) is 1.78. The fourth-order valence-electron chi connectivity index (χ4n) is 3.51. The van der Waals surface area contributed by atoms with Crippen molar-refractivity contribution in [2.24, 2.45) is 0 Å². The molecule has 5 aromatic rings. The largest absolute Gasteiger partial charge is 0.457 e. The highest BCUT2D eigenvalue weighted by molar-refractivity contribution is 6.33. The van der Waals surface area contributed by atoms with Crippen LogP contribution >= 0.6 is 11.6 Å². The molecule has 0 radical (unpaired) electrons. The summed E-state index contributed by atoms with van der Waals surface area (Å²) in [5, 5.41) is 1.06. The van der Waals surface area contributed by atoms with Crippen LogP contribution in [0.4, 0.5) is 0 Å². The highest BCUT2D eigenvalue weighted by atomic mass is 35.5. The van der Waals surface area contributed by atoms with Gasteiger partial charge in [0.15, 0.2) is 0 Å². The van der Waals surface area contributed by atoms with Crippen LogP contribution in [-0.4, -0.2) is 9.55 Å². The van der Waals surface area contributed by atoms with Crippen LogP contribution in [0.3, 0.4) is 0 Å². The Labute approximate surface area is 184 Å². The highest BCUT2D eigenvalue weighted by Crippen LogP contribution is 2.30. The van der Waals surface area contributed by atoms with E-state index in [9.17, 15) is 4.79 Å². The summed E-state index contributed by atoms with van der Waals surface area (Å²) < 4.78 is 7.56. The van der Waals surface area contributed by atoms with Gasteiger partial charge in [-0.15, -0.1) is 0 Å². The zero-order valence-corrected chi connectivity index (χ0v) is 17.2. The summed E-state index contributed by atoms with van der Waals surface area (Å²) in [7, 11) is 0. The fourth-order valence-corrected chi connectivity index (χ4v) is 3.73. The average molecular weight is 425 g/mol. The van der Waals surface area contributed by atoms with Crippen molar-refractivity contribution in [2.45, 2.75) is 0 Å². The first kappa shape index (κ1) is 19.1.